The Bertz CT molecular complexity index is 601. The van der Waals surface area contributed by atoms with Gasteiger partial charge in [0.15, 0.2) is 0 Å². The number of nitrogens with one attached hydrogen (secondary N) is 1. The molecule has 7 heteroatoms. The van der Waals surface area contributed by atoms with Crippen molar-refractivity contribution in [1.82, 2.24) is 15.1 Å². The van der Waals surface area contributed by atoms with Gasteiger partial charge in [-0.25, -0.2) is 0 Å². The van der Waals surface area contributed by atoms with E-state index in [-0.39, 0.29) is 11.6 Å². The second-order valence-corrected chi connectivity index (χ2v) is 6.50. The third kappa shape index (κ3) is 4.10. The number of amides is 1. The lowest BCUT2D eigenvalue weighted by Gasteiger charge is -2.32. The maximum absolute atomic E-state index is 12.4. The number of rotatable bonds is 5. The van der Waals surface area contributed by atoms with Gasteiger partial charge in [-0.3, -0.25) is 19.8 Å². The highest BCUT2D eigenvalue weighted by molar-refractivity contribution is 5.76. The van der Waals surface area contributed by atoms with Gasteiger partial charge >= 0.3 is 0 Å². The SMILES string of the molecule is O=C(CCc1cccc([N+](=O)[O-])c1)N1CCC(N2CCNCC2)C1. The summed E-state index contributed by atoms with van der Waals surface area (Å²) in [6.45, 7) is 5.80. The molecule has 1 aromatic rings. The number of hydrogen-bond acceptors (Lipinski definition) is 5. The van der Waals surface area contributed by atoms with E-state index in [0.717, 1.165) is 51.3 Å². The highest BCUT2D eigenvalue weighted by atomic mass is 16.6. The number of nitro groups is 1. The second-order valence-electron chi connectivity index (χ2n) is 6.50. The van der Waals surface area contributed by atoms with Gasteiger partial charge in [0, 0.05) is 63.9 Å². The fraction of sp³-hybridized carbons (Fsp3) is 0.588. The number of nitrogens with zero attached hydrogens (tertiary/aromatic N) is 3. The first kappa shape index (κ1) is 16.9. The topological polar surface area (TPSA) is 78.7 Å². The highest BCUT2D eigenvalue weighted by Crippen LogP contribution is 2.19. The fourth-order valence-electron chi connectivity index (χ4n) is 3.55. The van der Waals surface area contributed by atoms with Crippen LogP contribution in [0.3, 0.4) is 0 Å². The molecule has 24 heavy (non-hydrogen) atoms. The number of benzene rings is 1. The Morgan fingerprint density at radius 1 is 1.29 bits per heavy atom. The Morgan fingerprint density at radius 2 is 2.08 bits per heavy atom. The summed E-state index contributed by atoms with van der Waals surface area (Å²) in [5.74, 6) is 0.152. The molecular weight excluding hydrogens is 308 g/mol. The van der Waals surface area contributed by atoms with Crippen LogP contribution < -0.4 is 5.32 Å². The Morgan fingerprint density at radius 3 is 2.83 bits per heavy atom. The minimum absolute atomic E-state index is 0.0832. The van der Waals surface area contributed by atoms with Crippen LogP contribution in [0.2, 0.25) is 0 Å². The van der Waals surface area contributed by atoms with E-state index in [1.165, 1.54) is 6.07 Å². The molecule has 0 radical (unpaired) electrons. The number of aryl methyl sites for hydroxylation is 1. The molecule has 7 nitrogen and oxygen atoms in total. The van der Waals surface area contributed by atoms with Crippen LogP contribution in [0.4, 0.5) is 5.69 Å². The largest absolute Gasteiger partial charge is 0.341 e. The van der Waals surface area contributed by atoms with Crippen molar-refractivity contribution in [3.63, 3.8) is 0 Å². The normalized spacial score (nSPS) is 21.8. The van der Waals surface area contributed by atoms with E-state index in [2.05, 4.69) is 10.2 Å². The van der Waals surface area contributed by atoms with Crippen LogP contribution in [0.25, 0.3) is 0 Å². The van der Waals surface area contributed by atoms with Crippen LogP contribution in [-0.4, -0.2) is 65.9 Å². The van der Waals surface area contributed by atoms with Gasteiger partial charge in [0.2, 0.25) is 5.91 Å². The van der Waals surface area contributed by atoms with E-state index >= 15 is 0 Å². The summed E-state index contributed by atoms with van der Waals surface area (Å²) in [7, 11) is 0. The monoisotopic (exact) mass is 332 g/mol. The lowest BCUT2D eigenvalue weighted by molar-refractivity contribution is -0.384. The Labute approximate surface area is 141 Å². The highest BCUT2D eigenvalue weighted by Gasteiger charge is 2.30. The van der Waals surface area contributed by atoms with E-state index in [1.807, 2.05) is 11.0 Å². The predicted molar refractivity (Wildman–Crippen MR) is 90.8 cm³/mol. The Balaban J connectivity index is 1.49. The molecule has 3 rings (SSSR count). The van der Waals surface area contributed by atoms with Crippen molar-refractivity contribution in [3.05, 3.63) is 39.9 Å². The molecule has 2 heterocycles. The summed E-state index contributed by atoms with van der Waals surface area (Å²) in [5, 5.41) is 14.2. The van der Waals surface area contributed by atoms with Crippen LogP contribution in [0.1, 0.15) is 18.4 Å². The summed E-state index contributed by atoms with van der Waals surface area (Å²) in [5.41, 5.74) is 0.926. The average molecular weight is 332 g/mol. The van der Waals surface area contributed by atoms with Crippen molar-refractivity contribution < 1.29 is 9.72 Å². The number of piperazine rings is 1. The molecule has 1 N–H and O–H groups in total. The van der Waals surface area contributed by atoms with Crippen molar-refractivity contribution in [2.45, 2.75) is 25.3 Å². The summed E-state index contributed by atoms with van der Waals surface area (Å²) in [6, 6.07) is 7.03. The Kier molecular flexibility index (Phi) is 5.42. The van der Waals surface area contributed by atoms with Crippen molar-refractivity contribution in [1.29, 1.82) is 0 Å². The number of carbonyl (C=O) groups excluding carboxylic acids is 1. The van der Waals surface area contributed by atoms with Gasteiger partial charge in [0.25, 0.3) is 5.69 Å². The number of hydrogen-bond donors (Lipinski definition) is 1. The van der Waals surface area contributed by atoms with Gasteiger partial charge in [-0.15, -0.1) is 0 Å². The minimum Gasteiger partial charge on any atom is -0.341 e. The maximum atomic E-state index is 12.4. The van der Waals surface area contributed by atoms with Crippen molar-refractivity contribution in [2.75, 3.05) is 39.3 Å². The molecule has 0 aliphatic carbocycles. The zero-order valence-electron chi connectivity index (χ0n) is 13.8. The van der Waals surface area contributed by atoms with E-state index in [9.17, 15) is 14.9 Å². The molecular formula is C17H24N4O3. The molecule has 2 aliphatic rings. The molecule has 1 amide bonds. The Hall–Kier alpha value is -1.99. The molecule has 130 valence electrons. The van der Waals surface area contributed by atoms with Gasteiger partial charge in [0.05, 0.1) is 4.92 Å². The summed E-state index contributed by atoms with van der Waals surface area (Å²) < 4.78 is 0. The molecule has 1 unspecified atom stereocenters. The molecule has 1 aromatic carbocycles. The minimum atomic E-state index is -0.399. The molecule has 2 aliphatic heterocycles. The molecule has 0 aromatic heterocycles. The van der Waals surface area contributed by atoms with Gasteiger partial charge < -0.3 is 10.2 Å². The van der Waals surface area contributed by atoms with Crippen LogP contribution >= 0.6 is 0 Å². The number of carbonyl (C=O) groups is 1. The van der Waals surface area contributed by atoms with E-state index in [0.29, 0.717) is 18.9 Å². The first-order valence-electron chi connectivity index (χ1n) is 8.59. The standard InChI is InChI=1S/C17H24N4O3/c22-17(5-4-14-2-1-3-15(12-14)21(23)24)20-9-6-16(13-20)19-10-7-18-8-11-19/h1-3,12,16,18H,4-11,13H2. The summed E-state index contributed by atoms with van der Waals surface area (Å²) in [4.78, 5) is 27.3. The summed E-state index contributed by atoms with van der Waals surface area (Å²) >= 11 is 0. The van der Waals surface area contributed by atoms with Crippen molar-refractivity contribution in [2.24, 2.45) is 0 Å². The van der Waals surface area contributed by atoms with Gasteiger partial charge in [-0.2, -0.15) is 0 Å². The predicted octanol–water partition coefficient (Wildman–Crippen LogP) is 1.03. The molecule has 2 saturated heterocycles. The third-order valence-electron chi connectivity index (χ3n) is 4.93. The average Bonchev–Trinajstić information content (AvgIpc) is 3.11. The third-order valence-corrected chi connectivity index (χ3v) is 4.93. The quantitative estimate of drug-likeness (QED) is 0.644. The van der Waals surface area contributed by atoms with Gasteiger partial charge in [0.1, 0.15) is 0 Å². The zero-order chi connectivity index (χ0) is 16.9. The van der Waals surface area contributed by atoms with Crippen LogP contribution in [-0.2, 0) is 11.2 Å². The molecule has 0 bridgehead atoms. The maximum Gasteiger partial charge on any atom is 0.269 e. The van der Waals surface area contributed by atoms with Crippen LogP contribution in [0.15, 0.2) is 24.3 Å². The number of nitro benzene ring substituents is 1. The van der Waals surface area contributed by atoms with Crippen molar-refractivity contribution in [3.8, 4) is 0 Å². The number of non-ortho nitro benzene ring substituents is 1. The first-order chi connectivity index (χ1) is 11.6. The zero-order valence-corrected chi connectivity index (χ0v) is 13.8. The fourth-order valence-corrected chi connectivity index (χ4v) is 3.55. The van der Waals surface area contributed by atoms with E-state index < -0.39 is 4.92 Å². The summed E-state index contributed by atoms with van der Waals surface area (Å²) in [6.07, 6.45) is 2.01. The van der Waals surface area contributed by atoms with Crippen molar-refractivity contribution >= 4 is 11.6 Å². The van der Waals surface area contributed by atoms with E-state index in [1.54, 1.807) is 12.1 Å². The van der Waals surface area contributed by atoms with Crippen LogP contribution in [0.5, 0.6) is 0 Å². The van der Waals surface area contributed by atoms with E-state index in [4.69, 9.17) is 0 Å². The lowest BCUT2D eigenvalue weighted by atomic mass is 10.1. The number of likely N-dealkylation sites (tertiary alicyclic amines) is 1. The molecule has 2 fully saturated rings. The smallest absolute Gasteiger partial charge is 0.269 e. The molecule has 0 spiro atoms. The molecule has 0 saturated carbocycles. The molecule has 1 atom stereocenters. The van der Waals surface area contributed by atoms with Gasteiger partial charge in [-0.05, 0) is 18.4 Å². The van der Waals surface area contributed by atoms with Gasteiger partial charge in [-0.1, -0.05) is 12.1 Å². The first-order valence-corrected chi connectivity index (χ1v) is 8.59. The van der Waals surface area contributed by atoms with Crippen LogP contribution in [0, 0.1) is 10.1 Å². The lowest BCUT2D eigenvalue weighted by Crippen LogP contribution is -2.49. The second kappa shape index (κ2) is 7.72.